The van der Waals surface area contributed by atoms with Crippen LogP contribution in [0.3, 0.4) is 0 Å². The highest BCUT2D eigenvalue weighted by atomic mass is 19.1. The molecule has 2 aromatic heterocycles. The van der Waals surface area contributed by atoms with Gasteiger partial charge < -0.3 is 25.4 Å². The summed E-state index contributed by atoms with van der Waals surface area (Å²) in [6, 6.07) is 3.77. The van der Waals surface area contributed by atoms with E-state index >= 15 is 0 Å². The summed E-state index contributed by atoms with van der Waals surface area (Å²) < 4.78 is 15.3. The Kier molecular flexibility index (Phi) is 5.17. The van der Waals surface area contributed by atoms with Gasteiger partial charge in [0.25, 0.3) is 0 Å². The molecule has 26 heavy (non-hydrogen) atoms. The van der Waals surface area contributed by atoms with Crippen LogP contribution in [0, 0.1) is 5.82 Å². The summed E-state index contributed by atoms with van der Waals surface area (Å²) in [7, 11) is 0. The molecule has 0 aliphatic rings. The first-order valence-electron chi connectivity index (χ1n) is 8.34. The summed E-state index contributed by atoms with van der Waals surface area (Å²) in [4.78, 5) is 13.2. The second kappa shape index (κ2) is 7.52. The summed E-state index contributed by atoms with van der Waals surface area (Å²) in [6.07, 6.45) is 1.12. The quantitative estimate of drug-likeness (QED) is 0.511. The third-order valence-corrected chi connectivity index (χ3v) is 3.85. The lowest BCUT2D eigenvalue weighted by Crippen LogP contribution is -2.17. The molecule has 2 heterocycles. The van der Waals surface area contributed by atoms with E-state index in [9.17, 15) is 14.6 Å². The zero-order valence-electron chi connectivity index (χ0n) is 14.6. The summed E-state index contributed by atoms with van der Waals surface area (Å²) in [5, 5.41) is 25.4. The number of hydrogen-bond acceptors (Lipinski definition) is 7. The molecular weight excluding hydrogens is 339 g/mol. The molecule has 1 unspecified atom stereocenters. The molecule has 0 radical (unpaired) electrons. The van der Waals surface area contributed by atoms with Gasteiger partial charge in [-0.15, -0.1) is 0 Å². The van der Waals surface area contributed by atoms with Gasteiger partial charge in [0.05, 0.1) is 12.4 Å². The van der Waals surface area contributed by atoms with Crippen molar-refractivity contribution in [2.45, 2.75) is 33.0 Å². The minimum Gasteiger partial charge on any atom is -0.508 e. The Morgan fingerprint density at radius 3 is 2.81 bits per heavy atom. The number of fused-ring (bicyclic) bond motifs is 1. The Morgan fingerprint density at radius 2 is 2.08 bits per heavy atom. The highest BCUT2D eigenvalue weighted by molar-refractivity contribution is 5.84. The molecule has 0 fully saturated rings. The van der Waals surface area contributed by atoms with E-state index in [0.717, 1.165) is 0 Å². The number of aromatic nitrogens is 4. The Bertz CT molecular complexity index is 912. The zero-order chi connectivity index (χ0) is 18.7. The maximum Gasteiger partial charge on any atom is 0.226 e. The highest BCUT2D eigenvalue weighted by Gasteiger charge is 2.14. The van der Waals surface area contributed by atoms with Gasteiger partial charge in [-0.3, -0.25) is 0 Å². The number of nitrogens with zero attached hydrogens (tertiary/aromatic N) is 4. The number of imidazole rings is 1. The van der Waals surface area contributed by atoms with E-state index in [2.05, 4.69) is 25.6 Å². The van der Waals surface area contributed by atoms with Crippen molar-refractivity contribution in [1.82, 2.24) is 19.5 Å². The molecule has 0 spiro atoms. The fourth-order valence-corrected chi connectivity index (χ4v) is 2.49. The van der Waals surface area contributed by atoms with Crippen molar-refractivity contribution in [3.05, 3.63) is 35.9 Å². The SMILES string of the molecule is CCn1cnc2c(NCc3cc(F)ccc3O)nc(NCC(C)O)nc21. The van der Waals surface area contributed by atoms with Crippen molar-refractivity contribution in [1.29, 1.82) is 0 Å². The van der Waals surface area contributed by atoms with Gasteiger partial charge in [0.15, 0.2) is 17.0 Å². The van der Waals surface area contributed by atoms with Crippen LogP contribution in [0.2, 0.25) is 0 Å². The van der Waals surface area contributed by atoms with E-state index in [1.807, 2.05) is 11.5 Å². The molecular formula is C17H21FN6O2. The van der Waals surface area contributed by atoms with E-state index in [1.54, 1.807) is 13.3 Å². The molecule has 8 nitrogen and oxygen atoms in total. The predicted octanol–water partition coefficient (Wildman–Crippen LogP) is 2.10. The number of phenols is 1. The van der Waals surface area contributed by atoms with Crippen LogP contribution in [0.4, 0.5) is 16.2 Å². The van der Waals surface area contributed by atoms with Gasteiger partial charge >= 0.3 is 0 Å². The van der Waals surface area contributed by atoms with Crippen LogP contribution < -0.4 is 10.6 Å². The molecule has 0 saturated heterocycles. The van der Waals surface area contributed by atoms with Crippen LogP contribution in [0.15, 0.2) is 24.5 Å². The second-order valence-electron chi connectivity index (χ2n) is 5.96. The summed E-state index contributed by atoms with van der Waals surface area (Å²) in [5.74, 6) is 0.372. The molecule has 138 valence electrons. The standard InChI is InChI=1S/C17H21FN6O2/c1-3-24-9-21-14-15(19-8-11-6-12(18)4-5-13(11)26)22-17(23-16(14)24)20-7-10(2)25/h4-6,9-10,25-26H,3,7-8H2,1-2H3,(H2,19,20,22,23). The van der Waals surface area contributed by atoms with Gasteiger partial charge in [-0.2, -0.15) is 9.97 Å². The molecule has 0 aliphatic carbocycles. The molecule has 0 amide bonds. The lowest BCUT2D eigenvalue weighted by atomic mass is 10.2. The minimum atomic E-state index is -0.550. The maximum atomic E-state index is 13.4. The average Bonchev–Trinajstić information content (AvgIpc) is 3.03. The molecule has 0 saturated carbocycles. The number of phenolic OH excluding ortho intramolecular Hbond substituents is 1. The highest BCUT2D eigenvalue weighted by Crippen LogP contribution is 2.23. The van der Waals surface area contributed by atoms with Crippen LogP contribution in [-0.2, 0) is 13.1 Å². The number of aliphatic hydroxyl groups excluding tert-OH is 1. The van der Waals surface area contributed by atoms with Crippen molar-refractivity contribution in [3.8, 4) is 5.75 Å². The van der Waals surface area contributed by atoms with Crippen LogP contribution >= 0.6 is 0 Å². The van der Waals surface area contributed by atoms with Crippen LogP contribution in [0.1, 0.15) is 19.4 Å². The van der Waals surface area contributed by atoms with Crippen LogP contribution in [-0.4, -0.2) is 42.4 Å². The third-order valence-electron chi connectivity index (χ3n) is 3.85. The van der Waals surface area contributed by atoms with Gasteiger partial charge in [0.2, 0.25) is 5.95 Å². The second-order valence-corrected chi connectivity index (χ2v) is 5.96. The zero-order valence-corrected chi connectivity index (χ0v) is 14.6. The van der Waals surface area contributed by atoms with Gasteiger partial charge in [-0.25, -0.2) is 9.37 Å². The average molecular weight is 360 g/mol. The largest absolute Gasteiger partial charge is 0.508 e. The van der Waals surface area contributed by atoms with E-state index in [0.29, 0.717) is 41.6 Å². The van der Waals surface area contributed by atoms with Crippen molar-refractivity contribution in [3.63, 3.8) is 0 Å². The van der Waals surface area contributed by atoms with Gasteiger partial charge in [-0.05, 0) is 32.0 Å². The van der Waals surface area contributed by atoms with Crippen molar-refractivity contribution < 1.29 is 14.6 Å². The summed E-state index contributed by atoms with van der Waals surface area (Å²) >= 11 is 0. The minimum absolute atomic E-state index is 0.00394. The molecule has 3 rings (SSSR count). The molecule has 9 heteroatoms. The molecule has 4 N–H and O–H groups in total. The maximum absolute atomic E-state index is 13.4. The topological polar surface area (TPSA) is 108 Å². The van der Waals surface area contributed by atoms with Crippen molar-refractivity contribution >= 4 is 22.9 Å². The van der Waals surface area contributed by atoms with Crippen LogP contribution in [0.25, 0.3) is 11.2 Å². The van der Waals surface area contributed by atoms with Gasteiger partial charge in [0, 0.05) is 25.2 Å². The monoisotopic (exact) mass is 360 g/mol. The number of aryl methyl sites for hydroxylation is 1. The van der Waals surface area contributed by atoms with E-state index in [1.165, 1.54) is 18.2 Å². The fourth-order valence-electron chi connectivity index (χ4n) is 2.49. The Balaban J connectivity index is 1.92. The molecule has 0 aliphatic heterocycles. The first-order valence-corrected chi connectivity index (χ1v) is 8.34. The molecule has 0 bridgehead atoms. The number of anilines is 2. The number of rotatable bonds is 7. The van der Waals surface area contributed by atoms with Crippen molar-refractivity contribution in [2.75, 3.05) is 17.2 Å². The predicted molar refractivity (Wildman–Crippen MR) is 96.6 cm³/mol. The third kappa shape index (κ3) is 3.83. The van der Waals surface area contributed by atoms with Gasteiger partial charge in [-0.1, -0.05) is 0 Å². The number of aromatic hydroxyl groups is 1. The lowest BCUT2D eigenvalue weighted by molar-refractivity contribution is 0.208. The normalized spacial score (nSPS) is 12.3. The number of aliphatic hydroxyl groups is 1. The smallest absolute Gasteiger partial charge is 0.226 e. The van der Waals surface area contributed by atoms with E-state index in [-0.39, 0.29) is 12.3 Å². The molecule has 3 aromatic rings. The van der Waals surface area contributed by atoms with E-state index in [4.69, 9.17) is 0 Å². The van der Waals surface area contributed by atoms with Crippen molar-refractivity contribution in [2.24, 2.45) is 0 Å². The Labute approximate surface area is 149 Å². The number of benzene rings is 1. The van der Waals surface area contributed by atoms with E-state index < -0.39 is 11.9 Å². The molecule has 1 atom stereocenters. The number of halogens is 1. The number of hydrogen-bond donors (Lipinski definition) is 4. The Morgan fingerprint density at radius 1 is 1.27 bits per heavy atom. The fraction of sp³-hybridized carbons (Fsp3) is 0.353. The lowest BCUT2D eigenvalue weighted by Gasteiger charge is -2.12. The number of nitrogens with one attached hydrogen (secondary N) is 2. The molecule has 1 aromatic carbocycles. The van der Waals surface area contributed by atoms with Crippen LogP contribution in [0.5, 0.6) is 5.75 Å². The summed E-state index contributed by atoms with van der Waals surface area (Å²) in [5.41, 5.74) is 1.62. The first-order chi connectivity index (χ1) is 12.5. The van der Waals surface area contributed by atoms with Gasteiger partial charge in [0.1, 0.15) is 11.6 Å². The summed E-state index contributed by atoms with van der Waals surface area (Å²) in [6.45, 7) is 4.80. The first kappa shape index (κ1) is 17.9. The Hall–Kier alpha value is -2.94.